The highest BCUT2D eigenvalue weighted by Gasteiger charge is 2.22. The van der Waals surface area contributed by atoms with E-state index in [0.717, 1.165) is 30.7 Å². The topological polar surface area (TPSA) is 55.2 Å². The molecule has 1 aromatic heterocycles. The van der Waals surface area contributed by atoms with E-state index in [1.807, 2.05) is 6.92 Å². The molecule has 1 aromatic carbocycles. The Hall–Kier alpha value is -2.23. The second kappa shape index (κ2) is 6.71. The molecule has 0 bridgehead atoms. The minimum absolute atomic E-state index is 0.311. The molecule has 3 rings (SSSR count). The van der Waals surface area contributed by atoms with Gasteiger partial charge in [-0.15, -0.1) is 0 Å². The molecule has 2 aromatic rings. The summed E-state index contributed by atoms with van der Waals surface area (Å²) in [6.07, 6.45) is 1.56. The number of piperazine rings is 1. The average molecular weight is 327 g/mol. The van der Waals surface area contributed by atoms with Crippen molar-refractivity contribution in [3.63, 3.8) is 0 Å². The lowest BCUT2D eigenvalue weighted by atomic mass is 10.1. The summed E-state index contributed by atoms with van der Waals surface area (Å²) in [7, 11) is 4.22. The number of nitrogens with one attached hydrogen (secondary N) is 1. The van der Waals surface area contributed by atoms with E-state index in [9.17, 15) is 9.65 Å². The van der Waals surface area contributed by atoms with Crippen molar-refractivity contribution in [3.05, 3.63) is 35.3 Å². The zero-order chi connectivity index (χ0) is 17.3. The van der Waals surface area contributed by atoms with Gasteiger partial charge in [0.2, 0.25) is 0 Å². The first-order valence-electron chi connectivity index (χ1n) is 8.11. The quantitative estimate of drug-likeness (QED) is 0.937. The number of likely N-dealkylation sites (N-methyl/N-ethyl adjacent to an activating group) is 2. The van der Waals surface area contributed by atoms with E-state index in [-0.39, 0.29) is 5.82 Å². The highest BCUT2D eigenvalue weighted by Crippen LogP contribution is 2.28. The lowest BCUT2D eigenvalue weighted by Gasteiger charge is -2.38. The summed E-state index contributed by atoms with van der Waals surface area (Å²) in [6, 6.07) is 5.42. The third-order valence-electron chi connectivity index (χ3n) is 4.74. The van der Waals surface area contributed by atoms with Crippen LogP contribution in [0, 0.1) is 24.1 Å². The van der Waals surface area contributed by atoms with Gasteiger partial charge < -0.3 is 10.2 Å². The Morgan fingerprint density at radius 3 is 2.92 bits per heavy atom. The number of nitriles is 1. The third kappa shape index (κ3) is 3.18. The van der Waals surface area contributed by atoms with Crippen LogP contribution >= 0.6 is 0 Å². The van der Waals surface area contributed by atoms with Gasteiger partial charge in [0, 0.05) is 43.8 Å². The molecule has 126 valence electrons. The molecule has 1 N–H and O–H groups in total. The summed E-state index contributed by atoms with van der Waals surface area (Å²) in [4.78, 5) is 8.94. The van der Waals surface area contributed by atoms with Crippen LogP contribution in [0.3, 0.4) is 0 Å². The Morgan fingerprint density at radius 2 is 2.17 bits per heavy atom. The molecule has 1 aliphatic rings. The van der Waals surface area contributed by atoms with Crippen molar-refractivity contribution < 1.29 is 4.39 Å². The molecule has 0 aliphatic carbocycles. The normalized spacial score (nSPS) is 19.4. The largest absolute Gasteiger partial charge is 0.382 e. The zero-order valence-electron chi connectivity index (χ0n) is 14.3. The van der Waals surface area contributed by atoms with Gasteiger partial charge >= 0.3 is 0 Å². The third-order valence-corrected chi connectivity index (χ3v) is 4.74. The fraction of sp³-hybridized carbons (Fsp3) is 0.444. The molecule has 0 spiro atoms. The Morgan fingerprint density at radius 1 is 1.38 bits per heavy atom. The van der Waals surface area contributed by atoms with E-state index in [1.54, 1.807) is 6.20 Å². The van der Waals surface area contributed by atoms with E-state index in [2.05, 4.69) is 40.3 Å². The molecule has 0 unspecified atom stereocenters. The fourth-order valence-electron chi connectivity index (χ4n) is 3.25. The molecule has 1 aliphatic heterocycles. The number of rotatable bonds is 3. The number of aryl methyl sites for hydroxylation is 1. The lowest BCUT2D eigenvalue weighted by Crippen LogP contribution is -2.52. The van der Waals surface area contributed by atoms with Gasteiger partial charge in [0.1, 0.15) is 11.9 Å². The first kappa shape index (κ1) is 16.6. The maximum atomic E-state index is 13.9. The molecule has 24 heavy (non-hydrogen) atoms. The molecule has 1 saturated heterocycles. The molecular weight excluding hydrogens is 305 g/mol. The van der Waals surface area contributed by atoms with Gasteiger partial charge in [0.25, 0.3) is 0 Å². The summed E-state index contributed by atoms with van der Waals surface area (Å²) < 4.78 is 13.9. The number of nitrogens with zero attached hydrogens (tertiary/aromatic N) is 4. The predicted molar refractivity (Wildman–Crippen MR) is 93.6 cm³/mol. The van der Waals surface area contributed by atoms with Crippen LogP contribution in [0.2, 0.25) is 0 Å². The van der Waals surface area contributed by atoms with Crippen LogP contribution in [-0.4, -0.2) is 61.1 Å². The van der Waals surface area contributed by atoms with Crippen molar-refractivity contribution in [1.82, 2.24) is 14.8 Å². The van der Waals surface area contributed by atoms with Crippen LogP contribution in [0.25, 0.3) is 10.9 Å². The van der Waals surface area contributed by atoms with Gasteiger partial charge in [-0.1, -0.05) is 0 Å². The van der Waals surface area contributed by atoms with Crippen molar-refractivity contribution in [2.75, 3.05) is 45.6 Å². The molecule has 2 heterocycles. The minimum atomic E-state index is -0.311. The van der Waals surface area contributed by atoms with Crippen molar-refractivity contribution in [1.29, 1.82) is 5.26 Å². The molecule has 0 radical (unpaired) electrons. The number of hydrogen-bond acceptors (Lipinski definition) is 5. The molecule has 0 amide bonds. The summed E-state index contributed by atoms with van der Waals surface area (Å²) in [6.45, 7) is 5.56. The smallest absolute Gasteiger partial charge is 0.124 e. The maximum Gasteiger partial charge on any atom is 0.124 e. The van der Waals surface area contributed by atoms with Gasteiger partial charge in [-0.25, -0.2) is 4.39 Å². The van der Waals surface area contributed by atoms with Crippen molar-refractivity contribution >= 4 is 16.6 Å². The van der Waals surface area contributed by atoms with E-state index >= 15 is 0 Å². The first-order valence-corrected chi connectivity index (χ1v) is 8.11. The number of anilines is 1. The van der Waals surface area contributed by atoms with Crippen LogP contribution in [0.4, 0.5) is 10.1 Å². The van der Waals surface area contributed by atoms with Crippen molar-refractivity contribution in [3.8, 4) is 6.07 Å². The van der Waals surface area contributed by atoms with Gasteiger partial charge in [-0.3, -0.25) is 9.88 Å². The van der Waals surface area contributed by atoms with Gasteiger partial charge in [0.05, 0.1) is 16.8 Å². The van der Waals surface area contributed by atoms with Crippen LogP contribution in [0.5, 0.6) is 0 Å². The van der Waals surface area contributed by atoms with Crippen molar-refractivity contribution in [2.24, 2.45) is 0 Å². The molecule has 1 atom stereocenters. The number of halogens is 1. The Kier molecular flexibility index (Phi) is 4.65. The Balaban J connectivity index is 1.94. The number of fused-ring (bicyclic) bond motifs is 1. The van der Waals surface area contributed by atoms with Gasteiger partial charge in [-0.2, -0.15) is 5.26 Å². The van der Waals surface area contributed by atoms with Crippen LogP contribution in [0.15, 0.2) is 18.3 Å². The molecular formula is C18H22FN5. The molecule has 0 saturated carbocycles. The van der Waals surface area contributed by atoms with E-state index in [0.29, 0.717) is 29.2 Å². The number of aromatic nitrogens is 1. The Bertz CT molecular complexity index is 798. The Labute approximate surface area is 141 Å². The summed E-state index contributed by atoms with van der Waals surface area (Å²) in [5, 5.41) is 13.5. The number of pyridine rings is 1. The summed E-state index contributed by atoms with van der Waals surface area (Å²) in [5.74, 6) is -0.311. The maximum absolute atomic E-state index is 13.9. The van der Waals surface area contributed by atoms with Gasteiger partial charge in [-0.05, 0) is 38.7 Å². The highest BCUT2D eigenvalue weighted by atomic mass is 19.1. The van der Waals surface area contributed by atoms with Crippen LogP contribution in [-0.2, 0) is 0 Å². The highest BCUT2D eigenvalue weighted by molar-refractivity contribution is 5.95. The number of benzene rings is 1. The summed E-state index contributed by atoms with van der Waals surface area (Å²) >= 11 is 0. The molecule has 5 nitrogen and oxygen atoms in total. The second-order valence-electron chi connectivity index (χ2n) is 6.56. The summed E-state index contributed by atoms with van der Waals surface area (Å²) in [5.41, 5.74) is 2.62. The monoisotopic (exact) mass is 327 g/mol. The van der Waals surface area contributed by atoms with E-state index in [4.69, 9.17) is 0 Å². The second-order valence-corrected chi connectivity index (χ2v) is 6.56. The van der Waals surface area contributed by atoms with Crippen LogP contribution < -0.4 is 5.32 Å². The SMILES string of the molecule is Cc1cc(F)cc2c(NC[C@H]3CN(C)CCN3C)c(C#N)cnc12. The first-order chi connectivity index (χ1) is 11.5. The van der Waals surface area contributed by atoms with Crippen molar-refractivity contribution in [2.45, 2.75) is 13.0 Å². The number of hydrogen-bond donors (Lipinski definition) is 1. The standard InChI is InChI=1S/C18H22FN5/c1-12-6-14(19)7-16-17(12)21-9-13(8-20)18(16)22-10-15-11-23(2)4-5-24(15)3/h6-7,9,15H,4-5,10-11H2,1-3H3,(H,21,22)/t15-/m0/s1. The fourth-order valence-corrected chi connectivity index (χ4v) is 3.25. The van der Waals surface area contributed by atoms with Gasteiger partial charge in [0.15, 0.2) is 0 Å². The van der Waals surface area contributed by atoms with E-state index < -0.39 is 0 Å². The molecule has 6 heteroatoms. The van der Waals surface area contributed by atoms with Crippen LogP contribution in [0.1, 0.15) is 11.1 Å². The molecule has 1 fully saturated rings. The zero-order valence-corrected chi connectivity index (χ0v) is 14.3. The predicted octanol–water partition coefficient (Wildman–Crippen LogP) is 2.21. The van der Waals surface area contributed by atoms with E-state index in [1.165, 1.54) is 12.1 Å². The average Bonchev–Trinajstić information content (AvgIpc) is 2.55. The minimum Gasteiger partial charge on any atom is -0.382 e. The lowest BCUT2D eigenvalue weighted by molar-refractivity contribution is 0.122.